The van der Waals surface area contributed by atoms with E-state index in [1.165, 1.54) is 0 Å². The van der Waals surface area contributed by atoms with E-state index in [1.54, 1.807) is 14.0 Å². The van der Waals surface area contributed by atoms with Crippen LogP contribution in [0.25, 0.3) is 0 Å². The number of ether oxygens (including phenoxy) is 1. The van der Waals surface area contributed by atoms with Crippen LogP contribution in [0.4, 0.5) is 26.4 Å². The molecular formula is C12H12BrF2N5O. The van der Waals surface area contributed by atoms with E-state index in [9.17, 15) is 8.78 Å². The zero-order chi connectivity index (χ0) is 15.4. The van der Waals surface area contributed by atoms with Crippen molar-refractivity contribution >= 4 is 33.5 Å². The molecule has 112 valence electrons. The fourth-order valence-corrected chi connectivity index (χ4v) is 1.77. The van der Waals surface area contributed by atoms with Crippen molar-refractivity contribution in [1.82, 2.24) is 15.0 Å². The average Bonchev–Trinajstić information content (AvgIpc) is 2.45. The lowest BCUT2D eigenvalue weighted by molar-refractivity contribution is 0.312. The molecule has 2 aromatic rings. The van der Waals surface area contributed by atoms with E-state index in [-0.39, 0.29) is 28.1 Å². The predicted octanol–water partition coefficient (Wildman–Crippen LogP) is 3.10. The SMILES string of the molecule is CCOc1nc(NC)nc(Nc2cc(F)c(Br)cc2F)n1. The smallest absolute Gasteiger partial charge is 0.323 e. The van der Waals surface area contributed by atoms with Gasteiger partial charge >= 0.3 is 6.01 Å². The van der Waals surface area contributed by atoms with E-state index in [0.717, 1.165) is 12.1 Å². The summed E-state index contributed by atoms with van der Waals surface area (Å²) in [5.41, 5.74) is -0.0913. The summed E-state index contributed by atoms with van der Waals surface area (Å²) in [5.74, 6) is -0.966. The van der Waals surface area contributed by atoms with Crippen LogP contribution in [0.1, 0.15) is 6.92 Å². The van der Waals surface area contributed by atoms with E-state index in [2.05, 4.69) is 41.5 Å². The highest BCUT2D eigenvalue weighted by atomic mass is 79.9. The molecule has 0 radical (unpaired) electrons. The second kappa shape index (κ2) is 6.61. The van der Waals surface area contributed by atoms with Crippen LogP contribution in [0.3, 0.4) is 0 Å². The monoisotopic (exact) mass is 359 g/mol. The molecule has 0 aliphatic heterocycles. The molecule has 21 heavy (non-hydrogen) atoms. The lowest BCUT2D eigenvalue weighted by Gasteiger charge is -2.09. The first-order valence-corrected chi connectivity index (χ1v) is 6.81. The molecule has 1 heterocycles. The second-order valence-corrected chi connectivity index (χ2v) is 4.67. The standard InChI is InChI=1S/C12H12BrF2N5O/c1-3-21-12-19-10(16-2)18-11(20-12)17-9-5-7(14)6(13)4-8(9)15/h4-5H,3H2,1-2H3,(H2,16,17,18,19,20). The molecule has 0 bridgehead atoms. The highest BCUT2D eigenvalue weighted by molar-refractivity contribution is 9.10. The summed E-state index contributed by atoms with van der Waals surface area (Å²) in [6, 6.07) is 2.10. The van der Waals surface area contributed by atoms with Gasteiger partial charge in [-0.2, -0.15) is 15.0 Å². The van der Waals surface area contributed by atoms with Crippen LogP contribution in [0.2, 0.25) is 0 Å². The Bertz CT molecular complexity index is 656. The summed E-state index contributed by atoms with van der Waals surface area (Å²) < 4.78 is 32.5. The van der Waals surface area contributed by atoms with Gasteiger partial charge in [-0.25, -0.2) is 8.78 Å². The second-order valence-electron chi connectivity index (χ2n) is 3.82. The van der Waals surface area contributed by atoms with Gasteiger partial charge in [0.25, 0.3) is 0 Å². The topological polar surface area (TPSA) is 72.0 Å². The zero-order valence-electron chi connectivity index (χ0n) is 11.2. The van der Waals surface area contributed by atoms with Gasteiger partial charge < -0.3 is 15.4 Å². The third-order valence-corrected chi connectivity index (χ3v) is 2.98. The van der Waals surface area contributed by atoms with Crippen molar-refractivity contribution in [3.8, 4) is 6.01 Å². The van der Waals surface area contributed by atoms with Gasteiger partial charge in [0.05, 0.1) is 16.8 Å². The van der Waals surface area contributed by atoms with E-state index in [4.69, 9.17) is 4.74 Å². The minimum absolute atomic E-state index is 0.0344. The van der Waals surface area contributed by atoms with Crippen molar-refractivity contribution in [3.05, 3.63) is 28.2 Å². The van der Waals surface area contributed by atoms with Crippen molar-refractivity contribution in [2.75, 3.05) is 24.3 Å². The molecule has 0 saturated carbocycles. The molecule has 2 N–H and O–H groups in total. The van der Waals surface area contributed by atoms with Crippen LogP contribution in [-0.4, -0.2) is 28.6 Å². The number of nitrogens with one attached hydrogen (secondary N) is 2. The van der Waals surface area contributed by atoms with Crippen LogP contribution in [0.15, 0.2) is 16.6 Å². The number of benzene rings is 1. The number of hydrogen-bond acceptors (Lipinski definition) is 6. The summed E-state index contributed by atoms with van der Waals surface area (Å²) in [6.45, 7) is 2.15. The summed E-state index contributed by atoms with van der Waals surface area (Å²) in [4.78, 5) is 11.9. The number of anilines is 3. The Morgan fingerprint density at radius 1 is 1.14 bits per heavy atom. The molecule has 0 spiro atoms. The third kappa shape index (κ3) is 3.75. The molecule has 0 aliphatic rings. The van der Waals surface area contributed by atoms with E-state index >= 15 is 0 Å². The van der Waals surface area contributed by atoms with Crippen molar-refractivity contribution in [2.45, 2.75) is 6.92 Å². The zero-order valence-corrected chi connectivity index (χ0v) is 12.8. The molecule has 1 aromatic heterocycles. The summed E-state index contributed by atoms with van der Waals surface area (Å²) in [6.07, 6.45) is 0. The quantitative estimate of drug-likeness (QED) is 0.799. The molecule has 0 amide bonds. The van der Waals surface area contributed by atoms with Crippen molar-refractivity contribution < 1.29 is 13.5 Å². The minimum atomic E-state index is -0.646. The lowest BCUT2D eigenvalue weighted by atomic mass is 10.3. The molecule has 2 rings (SSSR count). The van der Waals surface area contributed by atoms with Gasteiger partial charge in [0.1, 0.15) is 11.6 Å². The molecule has 0 fully saturated rings. The Hall–Kier alpha value is -2.03. The van der Waals surface area contributed by atoms with Crippen LogP contribution < -0.4 is 15.4 Å². The van der Waals surface area contributed by atoms with E-state index < -0.39 is 11.6 Å². The predicted molar refractivity (Wildman–Crippen MR) is 77.9 cm³/mol. The minimum Gasteiger partial charge on any atom is -0.464 e. The highest BCUT2D eigenvalue weighted by Crippen LogP contribution is 2.25. The maximum atomic E-state index is 13.8. The van der Waals surface area contributed by atoms with Crippen molar-refractivity contribution in [3.63, 3.8) is 0 Å². The van der Waals surface area contributed by atoms with Gasteiger partial charge in [0.15, 0.2) is 0 Å². The molecule has 0 unspecified atom stereocenters. The Morgan fingerprint density at radius 2 is 1.86 bits per heavy atom. The molecule has 9 heteroatoms. The van der Waals surface area contributed by atoms with E-state index in [1.807, 2.05) is 0 Å². The molecule has 6 nitrogen and oxygen atoms in total. The Labute approximate surface area is 128 Å². The van der Waals surface area contributed by atoms with Crippen LogP contribution >= 0.6 is 15.9 Å². The summed E-state index contributed by atoms with van der Waals surface area (Å²) >= 11 is 2.91. The van der Waals surface area contributed by atoms with Crippen LogP contribution in [-0.2, 0) is 0 Å². The normalized spacial score (nSPS) is 10.3. The van der Waals surface area contributed by atoms with Crippen molar-refractivity contribution in [1.29, 1.82) is 0 Å². The Balaban J connectivity index is 2.34. The van der Waals surface area contributed by atoms with Gasteiger partial charge in [-0.3, -0.25) is 0 Å². The Kier molecular flexibility index (Phi) is 4.84. The maximum Gasteiger partial charge on any atom is 0.323 e. The molecular weight excluding hydrogens is 348 g/mol. The molecule has 0 aliphatic carbocycles. The van der Waals surface area contributed by atoms with E-state index in [0.29, 0.717) is 6.61 Å². The molecule has 0 saturated heterocycles. The largest absolute Gasteiger partial charge is 0.464 e. The number of rotatable bonds is 5. The first-order chi connectivity index (χ1) is 10.0. The maximum absolute atomic E-state index is 13.8. The van der Waals surface area contributed by atoms with Crippen molar-refractivity contribution in [2.24, 2.45) is 0 Å². The average molecular weight is 360 g/mol. The lowest BCUT2D eigenvalue weighted by Crippen LogP contribution is -2.07. The number of nitrogens with zero attached hydrogens (tertiary/aromatic N) is 3. The number of hydrogen-bond donors (Lipinski definition) is 2. The van der Waals surface area contributed by atoms with Gasteiger partial charge in [0, 0.05) is 13.1 Å². The van der Waals surface area contributed by atoms with Gasteiger partial charge in [-0.1, -0.05) is 0 Å². The summed E-state index contributed by atoms with van der Waals surface area (Å²) in [5, 5.41) is 5.33. The van der Waals surface area contributed by atoms with Crippen LogP contribution in [0.5, 0.6) is 6.01 Å². The first-order valence-electron chi connectivity index (χ1n) is 6.01. The van der Waals surface area contributed by atoms with Gasteiger partial charge in [0.2, 0.25) is 11.9 Å². The Morgan fingerprint density at radius 3 is 2.52 bits per heavy atom. The summed E-state index contributed by atoms with van der Waals surface area (Å²) in [7, 11) is 1.62. The fraction of sp³-hybridized carbons (Fsp3) is 0.250. The third-order valence-electron chi connectivity index (χ3n) is 2.37. The van der Waals surface area contributed by atoms with Gasteiger partial charge in [-0.15, -0.1) is 0 Å². The molecule has 0 atom stereocenters. The van der Waals surface area contributed by atoms with Gasteiger partial charge in [-0.05, 0) is 28.9 Å². The highest BCUT2D eigenvalue weighted by Gasteiger charge is 2.12. The fourth-order valence-electron chi connectivity index (χ4n) is 1.46. The number of aromatic nitrogens is 3. The number of halogens is 3. The molecule has 1 aromatic carbocycles. The van der Waals surface area contributed by atoms with Crippen LogP contribution in [0, 0.1) is 11.6 Å². The first kappa shape index (κ1) is 15.4.